The van der Waals surface area contributed by atoms with Crippen LogP contribution in [0.4, 0.5) is 0 Å². The topological polar surface area (TPSA) is 75.4 Å². The summed E-state index contributed by atoms with van der Waals surface area (Å²) < 4.78 is 4.98. The number of nitrogens with zero attached hydrogens (tertiary/aromatic N) is 2. The SMILES string of the molecule is CC(NC(=O)c1cc(C2CC2)no1)C(=O)N(C)C. The zero-order chi connectivity index (χ0) is 13.3. The fraction of sp³-hybridized carbons (Fsp3) is 0.583. The molecule has 1 aliphatic rings. The Balaban J connectivity index is 1.96. The molecule has 2 rings (SSSR count). The summed E-state index contributed by atoms with van der Waals surface area (Å²) in [6.45, 7) is 1.64. The van der Waals surface area contributed by atoms with Crippen LogP contribution < -0.4 is 5.32 Å². The smallest absolute Gasteiger partial charge is 0.290 e. The summed E-state index contributed by atoms with van der Waals surface area (Å²) >= 11 is 0. The lowest BCUT2D eigenvalue weighted by Gasteiger charge is -2.17. The molecule has 2 amide bonds. The lowest BCUT2D eigenvalue weighted by molar-refractivity contribution is -0.130. The molecule has 1 aromatic rings. The first-order chi connectivity index (χ1) is 8.49. The second-order valence-electron chi connectivity index (χ2n) is 4.82. The number of hydrogen-bond acceptors (Lipinski definition) is 4. The van der Waals surface area contributed by atoms with E-state index >= 15 is 0 Å². The average molecular weight is 251 g/mol. The maximum atomic E-state index is 11.8. The van der Waals surface area contributed by atoms with E-state index in [0.717, 1.165) is 18.5 Å². The highest BCUT2D eigenvalue weighted by atomic mass is 16.5. The molecule has 98 valence electrons. The van der Waals surface area contributed by atoms with E-state index < -0.39 is 11.9 Å². The van der Waals surface area contributed by atoms with Gasteiger partial charge < -0.3 is 14.7 Å². The van der Waals surface area contributed by atoms with Gasteiger partial charge in [0.25, 0.3) is 5.91 Å². The molecule has 0 bridgehead atoms. The predicted molar refractivity (Wildman–Crippen MR) is 64.1 cm³/mol. The van der Waals surface area contributed by atoms with Crippen molar-refractivity contribution < 1.29 is 14.1 Å². The molecular weight excluding hydrogens is 234 g/mol. The van der Waals surface area contributed by atoms with Gasteiger partial charge >= 0.3 is 0 Å². The van der Waals surface area contributed by atoms with Gasteiger partial charge in [0.05, 0.1) is 5.69 Å². The minimum Gasteiger partial charge on any atom is -0.351 e. The van der Waals surface area contributed by atoms with E-state index in [4.69, 9.17) is 4.52 Å². The van der Waals surface area contributed by atoms with E-state index in [1.54, 1.807) is 27.1 Å². The van der Waals surface area contributed by atoms with Crippen LogP contribution >= 0.6 is 0 Å². The third kappa shape index (κ3) is 2.69. The van der Waals surface area contributed by atoms with Gasteiger partial charge in [0.1, 0.15) is 6.04 Å². The summed E-state index contributed by atoms with van der Waals surface area (Å²) in [6.07, 6.45) is 2.20. The van der Waals surface area contributed by atoms with E-state index in [1.165, 1.54) is 4.90 Å². The first-order valence-electron chi connectivity index (χ1n) is 5.97. The predicted octanol–water partition coefficient (Wildman–Crippen LogP) is 0.758. The van der Waals surface area contributed by atoms with Crippen molar-refractivity contribution >= 4 is 11.8 Å². The van der Waals surface area contributed by atoms with Crippen molar-refractivity contribution in [1.82, 2.24) is 15.4 Å². The number of aromatic nitrogens is 1. The molecule has 1 fully saturated rings. The van der Waals surface area contributed by atoms with E-state index in [9.17, 15) is 9.59 Å². The first-order valence-corrected chi connectivity index (χ1v) is 5.97. The summed E-state index contributed by atoms with van der Waals surface area (Å²) in [5.41, 5.74) is 0.826. The van der Waals surface area contributed by atoms with Crippen LogP contribution in [0.5, 0.6) is 0 Å². The quantitative estimate of drug-likeness (QED) is 0.857. The largest absolute Gasteiger partial charge is 0.351 e. The van der Waals surface area contributed by atoms with Gasteiger partial charge in [-0.05, 0) is 19.8 Å². The van der Waals surface area contributed by atoms with Crippen molar-refractivity contribution in [1.29, 1.82) is 0 Å². The summed E-state index contributed by atoms with van der Waals surface area (Å²) in [6, 6.07) is 1.07. The fourth-order valence-corrected chi connectivity index (χ4v) is 1.68. The van der Waals surface area contributed by atoms with Crippen LogP contribution in [0.2, 0.25) is 0 Å². The maximum Gasteiger partial charge on any atom is 0.290 e. The van der Waals surface area contributed by atoms with E-state index in [2.05, 4.69) is 10.5 Å². The molecule has 1 N–H and O–H groups in total. The number of carbonyl (C=O) groups excluding carboxylic acids is 2. The Morgan fingerprint density at radius 1 is 1.50 bits per heavy atom. The maximum absolute atomic E-state index is 11.8. The third-order valence-electron chi connectivity index (χ3n) is 2.91. The second kappa shape index (κ2) is 4.80. The summed E-state index contributed by atoms with van der Waals surface area (Å²) in [5.74, 6) is 0.0359. The molecule has 0 radical (unpaired) electrons. The summed E-state index contributed by atoms with van der Waals surface area (Å²) in [7, 11) is 3.29. The lowest BCUT2D eigenvalue weighted by Crippen LogP contribution is -2.44. The highest BCUT2D eigenvalue weighted by Crippen LogP contribution is 2.39. The molecule has 6 nitrogen and oxygen atoms in total. The zero-order valence-corrected chi connectivity index (χ0v) is 10.8. The van der Waals surface area contributed by atoms with Crippen LogP contribution in [-0.2, 0) is 4.79 Å². The van der Waals surface area contributed by atoms with Crippen LogP contribution in [0, 0.1) is 0 Å². The molecule has 1 unspecified atom stereocenters. The standard InChI is InChI=1S/C12H17N3O3/c1-7(12(17)15(2)3)13-11(16)10-6-9(14-18-10)8-4-5-8/h6-8H,4-5H2,1-3H3,(H,13,16). The Kier molecular flexibility index (Phi) is 3.36. The van der Waals surface area contributed by atoms with E-state index in [0.29, 0.717) is 5.92 Å². The second-order valence-corrected chi connectivity index (χ2v) is 4.82. The number of amides is 2. The number of rotatable bonds is 4. The lowest BCUT2D eigenvalue weighted by atomic mass is 10.2. The molecule has 6 heteroatoms. The molecule has 1 aromatic heterocycles. The number of hydrogen-bond donors (Lipinski definition) is 1. The Morgan fingerprint density at radius 2 is 2.17 bits per heavy atom. The highest BCUT2D eigenvalue weighted by Gasteiger charge is 2.28. The van der Waals surface area contributed by atoms with Crippen LogP contribution in [0.15, 0.2) is 10.6 Å². The molecule has 1 saturated carbocycles. The Hall–Kier alpha value is -1.85. The number of likely N-dealkylation sites (N-methyl/N-ethyl adjacent to an activating group) is 1. The molecule has 1 atom stereocenters. The number of carbonyl (C=O) groups is 2. The number of nitrogens with one attached hydrogen (secondary N) is 1. The van der Waals surface area contributed by atoms with Crippen LogP contribution in [0.1, 0.15) is 41.9 Å². The molecule has 0 aliphatic heterocycles. The molecule has 0 spiro atoms. The summed E-state index contributed by atoms with van der Waals surface area (Å²) in [5, 5.41) is 6.44. The highest BCUT2D eigenvalue weighted by molar-refractivity contribution is 5.95. The summed E-state index contributed by atoms with van der Waals surface area (Å²) in [4.78, 5) is 24.9. The van der Waals surface area contributed by atoms with Gasteiger partial charge in [-0.1, -0.05) is 5.16 Å². The van der Waals surface area contributed by atoms with Gasteiger partial charge in [0, 0.05) is 26.1 Å². The van der Waals surface area contributed by atoms with Gasteiger partial charge in [-0.2, -0.15) is 0 Å². The minimum absolute atomic E-state index is 0.162. The average Bonchev–Trinajstić information content (AvgIpc) is 3.05. The van der Waals surface area contributed by atoms with Gasteiger partial charge in [-0.3, -0.25) is 9.59 Å². The first kappa shape index (κ1) is 12.6. The Labute approximate surface area is 105 Å². The van der Waals surface area contributed by atoms with Crippen molar-refractivity contribution in [3.63, 3.8) is 0 Å². The van der Waals surface area contributed by atoms with Crippen molar-refractivity contribution in [3.8, 4) is 0 Å². The van der Waals surface area contributed by atoms with E-state index in [-0.39, 0.29) is 11.7 Å². The van der Waals surface area contributed by atoms with E-state index in [1.807, 2.05) is 0 Å². The molecule has 1 heterocycles. The van der Waals surface area contributed by atoms with Crippen LogP contribution in [-0.4, -0.2) is 42.0 Å². The minimum atomic E-state index is -0.582. The van der Waals surface area contributed by atoms with Gasteiger partial charge in [0.2, 0.25) is 11.7 Å². The molecule has 18 heavy (non-hydrogen) atoms. The third-order valence-corrected chi connectivity index (χ3v) is 2.91. The van der Waals surface area contributed by atoms with Crippen molar-refractivity contribution in [3.05, 3.63) is 17.5 Å². The van der Waals surface area contributed by atoms with Crippen LogP contribution in [0.25, 0.3) is 0 Å². The Morgan fingerprint density at radius 3 is 2.72 bits per heavy atom. The van der Waals surface area contributed by atoms with Crippen LogP contribution in [0.3, 0.4) is 0 Å². The molecule has 0 saturated heterocycles. The molecule has 0 aromatic carbocycles. The Bertz CT molecular complexity index is 463. The zero-order valence-electron chi connectivity index (χ0n) is 10.8. The van der Waals surface area contributed by atoms with Crippen molar-refractivity contribution in [2.75, 3.05) is 14.1 Å². The van der Waals surface area contributed by atoms with Crippen molar-refractivity contribution in [2.45, 2.75) is 31.7 Å². The van der Waals surface area contributed by atoms with Crippen molar-refractivity contribution in [2.24, 2.45) is 0 Å². The molecular formula is C12H17N3O3. The fourth-order valence-electron chi connectivity index (χ4n) is 1.68. The van der Waals surface area contributed by atoms with Gasteiger partial charge in [-0.15, -0.1) is 0 Å². The normalized spacial score (nSPS) is 16.2. The van der Waals surface area contributed by atoms with Gasteiger partial charge in [-0.25, -0.2) is 0 Å². The monoisotopic (exact) mass is 251 g/mol. The van der Waals surface area contributed by atoms with Gasteiger partial charge in [0.15, 0.2) is 0 Å². The molecule has 1 aliphatic carbocycles.